The molecule has 28 heavy (non-hydrogen) atoms. The third-order valence-corrected chi connectivity index (χ3v) is 5.62. The number of carbonyl (C=O) groups excluding carboxylic acids is 1. The minimum absolute atomic E-state index is 0.104. The number of rotatable bonds is 5. The molecule has 7 heteroatoms. The highest BCUT2D eigenvalue weighted by atomic mass is 32.1. The molecule has 1 aromatic carbocycles. The van der Waals surface area contributed by atoms with Gasteiger partial charge in [-0.05, 0) is 42.0 Å². The van der Waals surface area contributed by atoms with Gasteiger partial charge in [-0.1, -0.05) is 17.7 Å². The van der Waals surface area contributed by atoms with Gasteiger partial charge in [0.1, 0.15) is 0 Å². The molecular weight excluding hydrogens is 376 g/mol. The largest absolute Gasteiger partial charge is 0.376 e. The van der Waals surface area contributed by atoms with Gasteiger partial charge < -0.3 is 19.4 Å². The van der Waals surface area contributed by atoms with Crippen LogP contribution in [-0.4, -0.2) is 48.3 Å². The summed E-state index contributed by atoms with van der Waals surface area (Å²) in [6.07, 6.45) is -0.195. The van der Waals surface area contributed by atoms with Crippen LogP contribution in [0.2, 0.25) is 0 Å². The normalized spacial score (nSPS) is 17.0. The molecule has 1 unspecified atom stereocenters. The Labute approximate surface area is 166 Å². The number of hydrogen-bond donors (Lipinski definition) is 1. The van der Waals surface area contributed by atoms with Gasteiger partial charge in [-0.25, -0.2) is 0 Å². The number of aromatic amines is 1. The summed E-state index contributed by atoms with van der Waals surface area (Å²) in [5.74, 6) is -0.104. The van der Waals surface area contributed by atoms with E-state index in [-0.39, 0.29) is 24.1 Å². The Morgan fingerprint density at radius 3 is 2.93 bits per heavy atom. The number of nitrogens with one attached hydrogen (secondary N) is 1. The van der Waals surface area contributed by atoms with Crippen LogP contribution in [-0.2, 0) is 16.0 Å². The lowest BCUT2D eigenvalue weighted by Crippen LogP contribution is -2.43. The molecule has 1 saturated heterocycles. The van der Waals surface area contributed by atoms with E-state index in [9.17, 15) is 9.59 Å². The van der Waals surface area contributed by atoms with Crippen LogP contribution in [0.1, 0.15) is 20.8 Å². The van der Waals surface area contributed by atoms with E-state index in [2.05, 4.69) is 4.98 Å². The second-order valence-corrected chi connectivity index (χ2v) is 7.89. The van der Waals surface area contributed by atoms with Crippen LogP contribution in [0.25, 0.3) is 10.9 Å². The Hall–Kier alpha value is -2.48. The van der Waals surface area contributed by atoms with E-state index in [1.165, 1.54) is 11.3 Å². The maximum atomic E-state index is 13.0. The second-order valence-electron chi connectivity index (χ2n) is 6.95. The maximum absolute atomic E-state index is 13.0. The number of ether oxygens (including phenoxy) is 2. The van der Waals surface area contributed by atoms with E-state index >= 15 is 0 Å². The van der Waals surface area contributed by atoms with Crippen molar-refractivity contribution >= 4 is 28.1 Å². The first kappa shape index (κ1) is 18.9. The van der Waals surface area contributed by atoms with Crippen molar-refractivity contribution in [3.8, 4) is 0 Å². The summed E-state index contributed by atoms with van der Waals surface area (Å²) in [5, 5.41) is 2.83. The van der Waals surface area contributed by atoms with Crippen molar-refractivity contribution in [1.82, 2.24) is 9.88 Å². The van der Waals surface area contributed by atoms with Crippen LogP contribution in [0, 0.1) is 6.92 Å². The molecule has 1 amide bonds. The Balaban J connectivity index is 1.64. The molecule has 0 radical (unpaired) electrons. The summed E-state index contributed by atoms with van der Waals surface area (Å²) in [6, 6.07) is 11.4. The molecule has 0 spiro atoms. The van der Waals surface area contributed by atoms with E-state index in [0.29, 0.717) is 36.8 Å². The molecule has 1 atom stereocenters. The number of carbonyl (C=O) groups is 1. The zero-order chi connectivity index (χ0) is 19.5. The van der Waals surface area contributed by atoms with Crippen LogP contribution in [0.15, 0.2) is 46.6 Å². The van der Waals surface area contributed by atoms with Crippen LogP contribution < -0.4 is 5.56 Å². The molecule has 2 aromatic heterocycles. The quantitative estimate of drug-likeness (QED) is 0.717. The van der Waals surface area contributed by atoms with E-state index in [0.717, 1.165) is 16.5 Å². The minimum atomic E-state index is -0.195. The van der Waals surface area contributed by atoms with Crippen molar-refractivity contribution in [2.75, 3.05) is 26.4 Å². The third-order valence-electron chi connectivity index (χ3n) is 4.77. The first-order chi connectivity index (χ1) is 13.6. The lowest BCUT2D eigenvalue weighted by atomic mass is 10.1. The van der Waals surface area contributed by atoms with Crippen molar-refractivity contribution in [2.45, 2.75) is 19.6 Å². The minimum Gasteiger partial charge on any atom is -0.376 e. The zero-order valence-corrected chi connectivity index (χ0v) is 16.5. The molecule has 0 aliphatic carbocycles. The van der Waals surface area contributed by atoms with Gasteiger partial charge in [0, 0.05) is 17.6 Å². The zero-order valence-electron chi connectivity index (χ0n) is 15.6. The second kappa shape index (κ2) is 8.26. The molecule has 1 aliphatic rings. The standard InChI is InChI=1S/C21H22N2O4S/c1-14-4-5-18-15(9-14)10-16(20(24)22-18)11-23(12-17-13-26-6-7-27-17)21(25)19-3-2-8-28-19/h2-5,8-10,17H,6-7,11-13H2,1H3,(H,22,24). The fourth-order valence-electron chi connectivity index (χ4n) is 3.36. The summed E-state index contributed by atoms with van der Waals surface area (Å²) in [7, 11) is 0. The van der Waals surface area contributed by atoms with Gasteiger partial charge in [0.15, 0.2) is 0 Å². The monoisotopic (exact) mass is 398 g/mol. The molecule has 0 bridgehead atoms. The smallest absolute Gasteiger partial charge is 0.264 e. The highest BCUT2D eigenvalue weighted by Gasteiger charge is 2.24. The van der Waals surface area contributed by atoms with Crippen molar-refractivity contribution in [2.24, 2.45) is 0 Å². The lowest BCUT2D eigenvalue weighted by molar-refractivity contribution is -0.0952. The van der Waals surface area contributed by atoms with Crippen LogP contribution in [0.3, 0.4) is 0 Å². The fourth-order valence-corrected chi connectivity index (χ4v) is 4.05. The number of H-pyrrole nitrogens is 1. The van der Waals surface area contributed by atoms with Crippen LogP contribution >= 0.6 is 11.3 Å². The average molecular weight is 398 g/mol. The first-order valence-electron chi connectivity index (χ1n) is 9.25. The fraction of sp³-hybridized carbons (Fsp3) is 0.333. The summed E-state index contributed by atoms with van der Waals surface area (Å²) < 4.78 is 11.2. The molecule has 6 nitrogen and oxygen atoms in total. The van der Waals surface area contributed by atoms with Crippen molar-refractivity contribution < 1.29 is 14.3 Å². The third kappa shape index (κ3) is 4.16. The maximum Gasteiger partial charge on any atom is 0.264 e. The number of hydrogen-bond acceptors (Lipinski definition) is 5. The number of pyridine rings is 1. The lowest BCUT2D eigenvalue weighted by Gasteiger charge is -2.29. The van der Waals surface area contributed by atoms with Crippen LogP contribution in [0.4, 0.5) is 0 Å². The topological polar surface area (TPSA) is 71.6 Å². The van der Waals surface area contributed by atoms with Crippen molar-refractivity contribution in [3.05, 3.63) is 68.1 Å². The number of thiophene rings is 1. The number of benzene rings is 1. The van der Waals surface area contributed by atoms with Gasteiger partial charge in [-0.15, -0.1) is 11.3 Å². The summed E-state index contributed by atoms with van der Waals surface area (Å²) >= 11 is 1.39. The predicted molar refractivity (Wildman–Crippen MR) is 109 cm³/mol. The highest BCUT2D eigenvalue weighted by Crippen LogP contribution is 2.18. The molecule has 3 aromatic rings. The van der Waals surface area contributed by atoms with Gasteiger partial charge in [0.25, 0.3) is 11.5 Å². The SMILES string of the molecule is Cc1ccc2[nH]c(=O)c(CN(CC3COCCO3)C(=O)c3cccs3)cc2c1. The van der Waals surface area contributed by atoms with Gasteiger partial charge in [0.2, 0.25) is 0 Å². The van der Waals surface area contributed by atoms with E-state index in [1.807, 2.05) is 42.6 Å². The molecular formula is C21H22N2O4S. The van der Waals surface area contributed by atoms with Crippen molar-refractivity contribution in [1.29, 1.82) is 0 Å². The Morgan fingerprint density at radius 2 is 2.18 bits per heavy atom. The van der Waals surface area contributed by atoms with Crippen LogP contribution in [0.5, 0.6) is 0 Å². The Morgan fingerprint density at radius 1 is 1.29 bits per heavy atom. The molecule has 1 N–H and O–H groups in total. The summed E-state index contributed by atoms with van der Waals surface area (Å²) in [5.41, 5.74) is 2.28. The van der Waals surface area contributed by atoms with Gasteiger partial charge >= 0.3 is 0 Å². The number of fused-ring (bicyclic) bond motifs is 1. The molecule has 146 valence electrons. The van der Waals surface area contributed by atoms with Crippen molar-refractivity contribution in [3.63, 3.8) is 0 Å². The van der Waals surface area contributed by atoms with E-state index in [1.54, 1.807) is 11.0 Å². The van der Waals surface area contributed by atoms with E-state index in [4.69, 9.17) is 9.47 Å². The Bertz CT molecular complexity index is 1020. The number of nitrogens with zero attached hydrogens (tertiary/aromatic N) is 1. The molecule has 3 heterocycles. The summed E-state index contributed by atoms with van der Waals surface area (Å²) in [6.45, 7) is 4.14. The molecule has 4 rings (SSSR count). The van der Waals surface area contributed by atoms with Gasteiger partial charge in [0.05, 0.1) is 37.3 Å². The van der Waals surface area contributed by atoms with E-state index < -0.39 is 0 Å². The number of aromatic nitrogens is 1. The molecule has 1 fully saturated rings. The average Bonchev–Trinajstić information content (AvgIpc) is 3.23. The van der Waals surface area contributed by atoms with Gasteiger partial charge in [-0.2, -0.15) is 0 Å². The Kier molecular flexibility index (Phi) is 5.57. The summed E-state index contributed by atoms with van der Waals surface area (Å²) in [4.78, 5) is 30.9. The first-order valence-corrected chi connectivity index (χ1v) is 10.1. The van der Waals surface area contributed by atoms with Gasteiger partial charge in [-0.3, -0.25) is 9.59 Å². The molecule has 1 aliphatic heterocycles. The predicted octanol–water partition coefficient (Wildman–Crippen LogP) is 2.96. The number of amides is 1. The molecule has 0 saturated carbocycles. The highest BCUT2D eigenvalue weighted by molar-refractivity contribution is 7.12. The number of aryl methyl sites for hydroxylation is 1.